The van der Waals surface area contributed by atoms with Gasteiger partial charge in [0, 0.05) is 50.9 Å². The normalized spacial score (nSPS) is 15.5. The summed E-state index contributed by atoms with van der Waals surface area (Å²) >= 11 is 0. The van der Waals surface area contributed by atoms with Crippen molar-refractivity contribution in [3.05, 3.63) is 59.2 Å². The Morgan fingerprint density at radius 1 is 1.06 bits per heavy atom. The van der Waals surface area contributed by atoms with Crippen LogP contribution in [0.5, 0.6) is 5.75 Å². The highest BCUT2D eigenvalue weighted by Gasteiger charge is 2.22. The van der Waals surface area contributed by atoms with E-state index in [0.717, 1.165) is 38.3 Å². The number of sulfonamides is 1. The number of likely N-dealkylation sites (N-methyl/N-ethyl adjacent to an activating group) is 1. The summed E-state index contributed by atoms with van der Waals surface area (Å²) in [6, 6.07) is 12.3. The predicted octanol–water partition coefficient (Wildman–Crippen LogP) is 2.06. The lowest BCUT2D eigenvalue weighted by Crippen LogP contribution is -2.43. The van der Waals surface area contributed by atoms with Gasteiger partial charge in [-0.2, -0.15) is 0 Å². The first-order chi connectivity index (χ1) is 15.7. The van der Waals surface area contributed by atoms with Gasteiger partial charge in [-0.05, 0) is 50.2 Å². The van der Waals surface area contributed by atoms with E-state index in [4.69, 9.17) is 4.74 Å². The van der Waals surface area contributed by atoms with E-state index in [1.165, 1.54) is 24.8 Å². The standard InChI is InChI=1S/C24H34N4O4S/c1-18(2)26-33(30,31)23-15-21(8-9-22(23)32-4)24(29)25-16-19-6-5-7-20(14-19)17-28-12-10-27(3)11-13-28/h5-9,14-15,18,26H,10-13,16-17H2,1-4H3,(H,25,29). The first kappa shape index (κ1) is 25.2. The van der Waals surface area contributed by atoms with Crippen molar-refractivity contribution in [3.63, 3.8) is 0 Å². The van der Waals surface area contributed by atoms with Crippen molar-refractivity contribution >= 4 is 15.9 Å². The van der Waals surface area contributed by atoms with E-state index in [9.17, 15) is 13.2 Å². The van der Waals surface area contributed by atoms with Crippen LogP contribution in [0.1, 0.15) is 35.3 Å². The summed E-state index contributed by atoms with van der Waals surface area (Å²) in [7, 11) is -0.268. The fourth-order valence-electron chi connectivity index (χ4n) is 3.79. The van der Waals surface area contributed by atoms with Crippen molar-refractivity contribution in [1.82, 2.24) is 19.8 Å². The van der Waals surface area contributed by atoms with E-state index >= 15 is 0 Å². The molecule has 0 spiro atoms. The lowest BCUT2D eigenvalue weighted by atomic mass is 10.1. The summed E-state index contributed by atoms with van der Waals surface area (Å²) in [5.41, 5.74) is 2.47. The molecule has 1 heterocycles. The van der Waals surface area contributed by atoms with Crippen LogP contribution in [0.15, 0.2) is 47.4 Å². The Morgan fingerprint density at radius 2 is 1.76 bits per heavy atom. The van der Waals surface area contributed by atoms with Crippen LogP contribution < -0.4 is 14.8 Å². The summed E-state index contributed by atoms with van der Waals surface area (Å²) in [5.74, 6) is -0.153. The van der Waals surface area contributed by atoms with E-state index < -0.39 is 10.0 Å². The highest BCUT2D eigenvalue weighted by molar-refractivity contribution is 7.89. The maximum absolute atomic E-state index is 12.8. The van der Waals surface area contributed by atoms with Crippen LogP contribution in [0, 0.1) is 0 Å². The number of carbonyl (C=O) groups excluding carboxylic acids is 1. The highest BCUT2D eigenvalue weighted by Crippen LogP contribution is 2.25. The topological polar surface area (TPSA) is 91.0 Å². The Morgan fingerprint density at radius 3 is 2.42 bits per heavy atom. The number of amides is 1. The van der Waals surface area contributed by atoms with Crippen molar-refractivity contribution in [1.29, 1.82) is 0 Å². The summed E-state index contributed by atoms with van der Waals surface area (Å²) in [5, 5.41) is 2.89. The van der Waals surface area contributed by atoms with Crippen LogP contribution in [0.2, 0.25) is 0 Å². The molecule has 1 aliphatic heterocycles. The van der Waals surface area contributed by atoms with Gasteiger partial charge in [0.25, 0.3) is 5.91 Å². The molecule has 0 radical (unpaired) electrons. The zero-order chi connectivity index (χ0) is 24.0. The van der Waals surface area contributed by atoms with E-state index in [2.05, 4.69) is 39.0 Å². The molecular formula is C24H34N4O4S. The first-order valence-electron chi connectivity index (χ1n) is 11.1. The van der Waals surface area contributed by atoms with Crippen molar-refractivity contribution < 1.29 is 17.9 Å². The number of hydrogen-bond donors (Lipinski definition) is 2. The van der Waals surface area contributed by atoms with Crippen molar-refractivity contribution in [2.75, 3.05) is 40.3 Å². The van der Waals surface area contributed by atoms with Gasteiger partial charge in [0.2, 0.25) is 10.0 Å². The SMILES string of the molecule is COc1ccc(C(=O)NCc2cccc(CN3CCN(C)CC3)c2)cc1S(=O)(=O)NC(C)C. The van der Waals surface area contributed by atoms with E-state index in [1.54, 1.807) is 19.9 Å². The predicted molar refractivity (Wildman–Crippen MR) is 129 cm³/mol. The molecule has 0 atom stereocenters. The largest absolute Gasteiger partial charge is 0.495 e. The number of nitrogens with one attached hydrogen (secondary N) is 2. The van der Waals surface area contributed by atoms with E-state index in [-0.39, 0.29) is 28.2 Å². The second-order valence-electron chi connectivity index (χ2n) is 8.72. The molecule has 2 N–H and O–H groups in total. The summed E-state index contributed by atoms with van der Waals surface area (Å²) in [6.07, 6.45) is 0. The lowest BCUT2D eigenvalue weighted by molar-refractivity contribution is 0.0950. The summed E-state index contributed by atoms with van der Waals surface area (Å²) in [4.78, 5) is 17.5. The minimum atomic E-state index is -3.81. The number of methoxy groups -OCH3 is 1. The zero-order valence-electron chi connectivity index (χ0n) is 19.8. The van der Waals surface area contributed by atoms with Crippen molar-refractivity contribution in [2.24, 2.45) is 0 Å². The minimum Gasteiger partial charge on any atom is -0.495 e. The van der Waals surface area contributed by atoms with Crippen LogP contribution in [-0.4, -0.2) is 70.5 Å². The molecule has 1 saturated heterocycles. The van der Waals surface area contributed by atoms with Crippen LogP contribution in [0.4, 0.5) is 0 Å². The third-order valence-corrected chi connectivity index (χ3v) is 7.23. The Hall–Kier alpha value is -2.46. The number of carbonyl (C=O) groups is 1. The number of benzene rings is 2. The fraction of sp³-hybridized carbons (Fsp3) is 0.458. The van der Waals surface area contributed by atoms with E-state index in [1.807, 2.05) is 12.1 Å². The molecule has 2 aromatic carbocycles. The molecule has 0 unspecified atom stereocenters. The van der Waals surface area contributed by atoms with Gasteiger partial charge in [-0.15, -0.1) is 0 Å². The monoisotopic (exact) mass is 474 g/mol. The van der Waals surface area contributed by atoms with Crippen LogP contribution in [0.3, 0.4) is 0 Å². The highest BCUT2D eigenvalue weighted by atomic mass is 32.2. The maximum atomic E-state index is 12.8. The smallest absolute Gasteiger partial charge is 0.251 e. The molecule has 1 fully saturated rings. The van der Waals surface area contributed by atoms with Crippen LogP contribution in [-0.2, 0) is 23.1 Å². The number of hydrogen-bond acceptors (Lipinski definition) is 6. The molecule has 0 saturated carbocycles. The third-order valence-electron chi connectivity index (χ3n) is 5.55. The second kappa shape index (κ2) is 11.1. The Balaban J connectivity index is 1.67. The molecule has 1 amide bonds. The molecular weight excluding hydrogens is 440 g/mol. The van der Waals surface area contributed by atoms with Crippen LogP contribution in [0.25, 0.3) is 0 Å². The average molecular weight is 475 g/mol. The first-order valence-corrected chi connectivity index (χ1v) is 12.6. The fourth-order valence-corrected chi connectivity index (χ4v) is 5.23. The van der Waals surface area contributed by atoms with Gasteiger partial charge in [0.05, 0.1) is 7.11 Å². The molecule has 3 rings (SSSR count). The molecule has 0 aromatic heterocycles. The number of nitrogens with zero attached hydrogens (tertiary/aromatic N) is 2. The maximum Gasteiger partial charge on any atom is 0.251 e. The third kappa shape index (κ3) is 7.01. The van der Waals surface area contributed by atoms with Gasteiger partial charge in [0.15, 0.2) is 0 Å². The van der Waals surface area contributed by atoms with Crippen molar-refractivity contribution in [2.45, 2.75) is 37.9 Å². The number of piperazine rings is 1. The summed E-state index contributed by atoms with van der Waals surface area (Å²) < 4.78 is 33.1. The van der Waals surface area contributed by atoms with Gasteiger partial charge in [-0.1, -0.05) is 24.3 Å². The van der Waals surface area contributed by atoms with Gasteiger partial charge >= 0.3 is 0 Å². The molecule has 8 nitrogen and oxygen atoms in total. The number of rotatable bonds is 9. The molecule has 9 heteroatoms. The molecule has 0 aliphatic carbocycles. The lowest BCUT2D eigenvalue weighted by Gasteiger charge is -2.32. The number of ether oxygens (including phenoxy) is 1. The molecule has 180 valence electrons. The van der Waals surface area contributed by atoms with E-state index in [0.29, 0.717) is 6.54 Å². The Bertz CT molecular complexity index is 1060. The van der Waals surface area contributed by atoms with Crippen LogP contribution >= 0.6 is 0 Å². The minimum absolute atomic E-state index is 0.0551. The second-order valence-corrected chi connectivity index (χ2v) is 10.4. The van der Waals surface area contributed by atoms with Gasteiger partial charge < -0.3 is 15.0 Å². The van der Waals surface area contributed by atoms with Crippen molar-refractivity contribution in [3.8, 4) is 5.75 Å². The zero-order valence-corrected chi connectivity index (χ0v) is 20.6. The Labute approximate surface area is 197 Å². The average Bonchev–Trinajstić information content (AvgIpc) is 2.78. The molecule has 1 aliphatic rings. The molecule has 0 bridgehead atoms. The Kier molecular flexibility index (Phi) is 8.47. The van der Waals surface area contributed by atoms with Gasteiger partial charge in [-0.25, -0.2) is 13.1 Å². The molecule has 33 heavy (non-hydrogen) atoms. The van der Waals surface area contributed by atoms with Gasteiger partial charge in [0.1, 0.15) is 10.6 Å². The molecule has 2 aromatic rings. The van der Waals surface area contributed by atoms with Gasteiger partial charge in [-0.3, -0.25) is 9.69 Å². The summed E-state index contributed by atoms with van der Waals surface area (Å²) in [6.45, 7) is 8.95. The quantitative estimate of drug-likeness (QED) is 0.578.